The van der Waals surface area contributed by atoms with E-state index in [2.05, 4.69) is 29.1 Å². The fraction of sp³-hybridized carbons (Fsp3) is 0.750. The van der Waals surface area contributed by atoms with Crippen molar-refractivity contribution in [3.8, 4) is 0 Å². The van der Waals surface area contributed by atoms with E-state index in [9.17, 15) is 0 Å². The Labute approximate surface area is 133 Å². The average Bonchev–Trinajstić information content (AvgIpc) is 2.94. The third-order valence-corrected chi connectivity index (χ3v) is 4.59. The monoisotopic (exact) mass is 310 g/mol. The Morgan fingerprint density at radius 2 is 2.00 bits per heavy atom. The minimum absolute atomic E-state index is 0.566. The summed E-state index contributed by atoms with van der Waals surface area (Å²) in [4.78, 5) is 10.1. The second-order valence-electron chi connectivity index (χ2n) is 5.29. The molecule has 1 rings (SSSR count). The van der Waals surface area contributed by atoms with Crippen LogP contribution in [-0.2, 0) is 12.8 Å². The van der Waals surface area contributed by atoms with Crippen LogP contribution in [0.15, 0.2) is 11.2 Å². The van der Waals surface area contributed by atoms with Crippen molar-refractivity contribution >= 4 is 17.3 Å². The van der Waals surface area contributed by atoms with E-state index in [0.717, 1.165) is 32.4 Å². The van der Waals surface area contributed by atoms with Gasteiger partial charge in [-0.1, -0.05) is 46.0 Å². The summed E-state index contributed by atoms with van der Waals surface area (Å²) in [6.07, 6.45) is 11.7. The van der Waals surface area contributed by atoms with Crippen LogP contribution in [0, 0.1) is 0 Å². The third-order valence-electron chi connectivity index (χ3n) is 3.39. The van der Waals surface area contributed by atoms with E-state index in [1.165, 1.54) is 42.0 Å². The normalized spacial score (nSPS) is 11.8. The number of unbranched alkanes of at least 4 members (excludes halogenated alkanes) is 5. The quantitative estimate of drug-likeness (QED) is 0.373. The number of guanidine groups is 1. The van der Waals surface area contributed by atoms with E-state index >= 15 is 0 Å². The van der Waals surface area contributed by atoms with Crippen LogP contribution in [0.3, 0.4) is 0 Å². The molecule has 0 aromatic carbocycles. The van der Waals surface area contributed by atoms with Crippen LogP contribution in [0.25, 0.3) is 0 Å². The molecule has 0 unspecified atom stereocenters. The number of hydrogen-bond acceptors (Lipinski definition) is 3. The summed E-state index contributed by atoms with van der Waals surface area (Å²) in [6.45, 7) is 6.04. The van der Waals surface area contributed by atoms with Crippen molar-refractivity contribution < 1.29 is 0 Å². The van der Waals surface area contributed by atoms with Gasteiger partial charge in [0.1, 0.15) is 0 Å². The molecule has 120 valence electrons. The molecule has 0 spiro atoms. The standard InChI is InChI=1S/C16H30N4S/c1-3-5-6-7-8-9-11-18-16(17)19-12-10-15-20-13-14(4-2)21-15/h13H,3-12H2,1-2H3,(H3,17,18,19). The predicted octanol–water partition coefficient (Wildman–Crippen LogP) is 3.51. The largest absolute Gasteiger partial charge is 0.370 e. The lowest BCUT2D eigenvalue weighted by atomic mass is 10.1. The molecule has 4 nitrogen and oxygen atoms in total. The molecule has 1 aromatic heterocycles. The molecule has 5 heteroatoms. The number of hydrogen-bond donors (Lipinski definition) is 2. The van der Waals surface area contributed by atoms with Crippen LogP contribution < -0.4 is 11.1 Å². The maximum atomic E-state index is 5.85. The molecule has 0 aliphatic heterocycles. The molecule has 0 radical (unpaired) electrons. The van der Waals surface area contributed by atoms with Crippen molar-refractivity contribution in [2.45, 2.75) is 65.2 Å². The highest BCUT2D eigenvalue weighted by molar-refractivity contribution is 7.11. The first-order valence-corrected chi connectivity index (χ1v) is 9.05. The predicted molar refractivity (Wildman–Crippen MR) is 93.1 cm³/mol. The highest BCUT2D eigenvalue weighted by Gasteiger charge is 2.00. The number of nitrogens with zero attached hydrogens (tertiary/aromatic N) is 2. The fourth-order valence-corrected chi connectivity index (χ4v) is 2.93. The Kier molecular flexibility index (Phi) is 9.87. The molecule has 1 heterocycles. The van der Waals surface area contributed by atoms with Gasteiger partial charge in [-0.15, -0.1) is 11.3 Å². The van der Waals surface area contributed by atoms with E-state index in [0.29, 0.717) is 5.96 Å². The lowest BCUT2D eigenvalue weighted by Gasteiger charge is -2.04. The van der Waals surface area contributed by atoms with Gasteiger partial charge in [-0.05, 0) is 12.8 Å². The first-order valence-electron chi connectivity index (χ1n) is 8.23. The smallest absolute Gasteiger partial charge is 0.188 e. The van der Waals surface area contributed by atoms with Gasteiger partial charge in [0.25, 0.3) is 0 Å². The summed E-state index contributed by atoms with van der Waals surface area (Å²) in [5.41, 5.74) is 5.85. The second-order valence-corrected chi connectivity index (χ2v) is 6.49. The molecule has 0 aliphatic rings. The summed E-state index contributed by atoms with van der Waals surface area (Å²) in [5.74, 6) is 0.566. The zero-order chi connectivity index (χ0) is 15.3. The topological polar surface area (TPSA) is 63.3 Å². The van der Waals surface area contributed by atoms with Crippen molar-refractivity contribution in [2.75, 3.05) is 13.1 Å². The van der Waals surface area contributed by atoms with Gasteiger partial charge in [-0.25, -0.2) is 4.98 Å². The SMILES string of the molecule is CCCCCCCCN=C(N)NCCc1ncc(CC)s1. The molecule has 1 aromatic rings. The maximum Gasteiger partial charge on any atom is 0.188 e. The molecular formula is C16H30N4S. The molecule has 3 N–H and O–H groups in total. The molecule has 0 aliphatic carbocycles. The zero-order valence-corrected chi connectivity index (χ0v) is 14.3. The van der Waals surface area contributed by atoms with E-state index in [-0.39, 0.29) is 0 Å². The van der Waals surface area contributed by atoms with Crippen LogP contribution in [-0.4, -0.2) is 24.0 Å². The third kappa shape index (κ3) is 8.71. The van der Waals surface area contributed by atoms with Gasteiger partial charge < -0.3 is 11.1 Å². The van der Waals surface area contributed by atoms with Crippen molar-refractivity contribution in [3.05, 3.63) is 16.1 Å². The van der Waals surface area contributed by atoms with Gasteiger partial charge in [0, 0.05) is 30.6 Å². The van der Waals surface area contributed by atoms with Gasteiger partial charge >= 0.3 is 0 Å². The molecule has 21 heavy (non-hydrogen) atoms. The summed E-state index contributed by atoms with van der Waals surface area (Å²) in [7, 11) is 0. The number of nitrogens with one attached hydrogen (secondary N) is 1. The first-order chi connectivity index (χ1) is 10.3. The second kappa shape index (κ2) is 11.5. The average molecular weight is 311 g/mol. The lowest BCUT2D eigenvalue weighted by Crippen LogP contribution is -2.33. The van der Waals surface area contributed by atoms with Gasteiger partial charge in [0.2, 0.25) is 0 Å². The maximum absolute atomic E-state index is 5.85. The van der Waals surface area contributed by atoms with E-state index < -0.39 is 0 Å². The van der Waals surface area contributed by atoms with Crippen LogP contribution in [0.1, 0.15) is 62.3 Å². The summed E-state index contributed by atoms with van der Waals surface area (Å²) in [5, 5.41) is 4.33. The van der Waals surface area contributed by atoms with Gasteiger partial charge in [-0.3, -0.25) is 4.99 Å². The van der Waals surface area contributed by atoms with Crippen molar-refractivity contribution in [1.82, 2.24) is 10.3 Å². The van der Waals surface area contributed by atoms with Crippen LogP contribution in [0.5, 0.6) is 0 Å². The van der Waals surface area contributed by atoms with E-state index in [1.807, 2.05) is 6.20 Å². The number of rotatable bonds is 11. The number of nitrogens with two attached hydrogens (primary N) is 1. The van der Waals surface area contributed by atoms with Crippen molar-refractivity contribution in [2.24, 2.45) is 10.7 Å². The van der Waals surface area contributed by atoms with Crippen molar-refractivity contribution in [1.29, 1.82) is 0 Å². The summed E-state index contributed by atoms with van der Waals surface area (Å²) in [6, 6.07) is 0. The zero-order valence-electron chi connectivity index (χ0n) is 13.5. The van der Waals surface area contributed by atoms with Crippen LogP contribution in [0.4, 0.5) is 0 Å². The number of thiazole rings is 1. The Balaban J connectivity index is 2.04. The summed E-state index contributed by atoms with van der Waals surface area (Å²) >= 11 is 1.78. The van der Waals surface area contributed by atoms with Gasteiger partial charge in [-0.2, -0.15) is 0 Å². The fourth-order valence-electron chi connectivity index (χ4n) is 2.07. The Bertz CT molecular complexity index is 401. The van der Waals surface area contributed by atoms with Gasteiger partial charge in [0.05, 0.1) is 5.01 Å². The van der Waals surface area contributed by atoms with Crippen LogP contribution >= 0.6 is 11.3 Å². The van der Waals surface area contributed by atoms with Crippen LogP contribution in [0.2, 0.25) is 0 Å². The number of aryl methyl sites for hydroxylation is 1. The molecule has 0 saturated carbocycles. The molecule has 0 amide bonds. The summed E-state index contributed by atoms with van der Waals surface area (Å²) < 4.78 is 0. The number of aromatic nitrogens is 1. The molecular weight excluding hydrogens is 280 g/mol. The molecule has 0 fully saturated rings. The first kappa shape index (κ1) is 18.0. The number of aliphatic imine (C=N–C) groups is 1. The molecule has 0 saturated heterocycles. The lowest BCUT2D eigenvalue weighted by molar-refractivity contribution is 0.611. The van der Waals surface area contributed by atoms with E-state index in [1.54, 1.807) is 11.3 Å². The Hall–Kier alpha value is -1.10. The minimum Gasteiger partial charge on any atom is -0.370 e. The molecule has 0 atom stereocenters. The minimum atomic E-state index is 0.566. The Morgan fingerprint density at radius 1 is 1.24 bits per heavy atom. The van der Waals surface area contributed by atoms with Crippen molar-refractivity contribution in [3.63, 3.8) is 0 Å². The van der Waals surface area contributed by atoms with E-state index in [4.69, 9.17) is 5.73 Å². The highest BCUT2D eigenvalue weighted by atomic mass is 32.1. The Morgan fingerprint density at radius 3 is 2.71 bits per heavy atom. The van der Waals surface area contributed by atoms with Gasteiger partial charge in [0.15, 0.2) is 5.96 Å². The highest BCUT2D eigenvalue weighted by Crippen LogP contribution is 2.13. The molecule has 0 bridgehead atoms.